The molecular weight excluding hydrogens is 198 g/mol. The quantitative estimate of drug-likeness (QED) is 0.644. The van der Waals surface area contributed by atoms with Crippen molar-refractivity contribution in [1.29, 1.82) is 0 Å². The van der Waals surface area contributed by atoms with E-state index in [9.17, 15) is 9.59 Å². The molecule has 0 aromatic rings. The molecule has 1 heterocycles. The third-order valence-corrected chi connectivity index (χ3v) is 2.99. The molecule has 0 bridgehead atoms. The molecule has 1 N–H and O–H groups in total. The first-order valence-corrected chi connectivity index (χ1v) is 4.82. The van der Waals surface area contributed by atoms with Gasteiger partial charge in [0.2, 0.25) is 5.91 Å². The van der Waals surface area contributed by atoms with E-state index in [2.05, 4.69) is 10.1 Å². The van der Waals surface area contributed by atoms with Gasteiger partial charge < -0.3 is 14.8 Å². The van der Waals surface area contributed by atoms with Crippen molar-refractivity contribution in [2.75, 3.05) is 20.8 Å². The zero-order valence-electron chi connectivity index (χ0n) is 8.70. The van der Waals surface area contributed by atoms with E-state index in [0.29, 0.717) is 24.3 Å². The summed E-state index contributed by atoms with van der Waals surface area (Å²) in [6, 6.07) is 0. The van der Waals surface area contributed by atoms with Gasteiger partial charge in [-0.1, -0.05) is 0 Å². The van der Waals surface area contributed by atoms with Gasteiger partial charge in [-0.3, -0.25) is 4.79 Å². The summed E-state index contributed by atoms with van der Waals surface area (Å²) in [6.45, 7) is 0.608. The van der Waals surface area contributed by atoms with Gasteiger partial charge in [-0.05, 0) is 12.3 Å². The van der Waals surface area contributed by atoms with Crippen molar-refractivity contribution >= 4 is 11.9 Å². The standard InChI is InChI=1S/C10H13NO4/c1-14-8-6(10(13)15-2)3-5-4-11-9(12)7(5)8/h5,7H,3-4H2,1-2H3,(H,11,12)/t5-,7+/m1/s1. The van der Waals surface area contributed by atoms with Crippen LogP contribution < -0.4 is 5.32 Å². The number of carbonyl (C=O) groups excluding carboxylic acids is 2. The second-order valence-electron chi connectivity index (χ2n) is 3.73. The summed E-state index contributed by atoms with van der Waals surface area (Å²) in [6.07, 6.45) is 0.555. The Kier molecular flexibility index (Phi) is 2.38. The third-order valence-electron chi connectivity index (χ3n) is 2.99. The summed E-state index contributed by atoms with van der Waals surface area (Å²) in [4.78, 5) is 22.9. The van der Waals surface area contributed by atoms with Crippen molar-refractivity contribution in [1.82, 2.24) is 5.32 Å². The lowest BCUT2D eigenvalue weighted by molar-refractivity contribution is -0.136. The number of hydrogen-bond acceptors (Lipinski definition) is 4. The fraction of sp³-hybridized carbons (Fsp3) is 0.600. The van der Waals surface area contributed by atoms with Crippen LogP contribution >= 0.6 is 0 Å². The lowest BCUT2D eigenvalue weighted by Gasteiger charge is -2.09. The topological polar surface area (TPSA) is 64.6 Å². The predicted octanol–water partition coefficient (Wildman–Crippen LogP) is -0.174. The molecule has 1 fully saturated rings. The fourth-order valence-electron chi connectivity index (χ4n) is 2.30. The molecule has 2 rings (SSSR count). The molecule has 0 unspecified atom stereocenters. The Morgan fingerprint density at radius 1 is 1.47 bits per heavy atom. The Labute approximate surface area is 87.4 Å². The second-order valence-corrected chi connectivity index (χ2v) is 3.73. The van der Waals surface area contributed by atoms with Crippen LogP contribution in [-0.2, 0) is 19.1 Å². The highest BCUT2D eigenvalue weighted by Crippen LogP contribution is 2.40. The van der Waals surface area contributed by atoms with Gasteiger partial charge in [0.05, 0.1) is 19.8 Å². The first kappa shape index (κ1) is 10.0. The lowest BCUT2D eigenvalue weighted by atomic mass is 9.98. The molecule has 15 heavy (non-hydrogen) atoms. The molecule has 0 saturated carbocycles. The molecule has 2 atom stereocenters. The van der Waals surface area contributed by atoms with Crippen LogP contribution in [0.5, 0.6) is 0 Å². The van der Waals surface area contributed by atoms with Crippen LogP contribution in [0.1, 0.15) is 6.42 Å². The Balaban J connectivity index is 2.33. The number of methoxy groups -OCH3 is 2. The highest BCUT2D eigenvalue weighted by molar-refractivity contribution is 5.94. The normalized spacial score (nSPS) is 28.8. The van der Waals surface area contributed by atoms with Gasteiger partial charge in [-0.25, -0.2) is 4.79 Å². The molecule has 1 amide bonds. The third kappa shape index (κ3) is 1.38. The van der Waals surface area contributed by atoms with E-state index >= 15 is 0 Å². The number of hydrogen-bond donors (Lipinski definition) is 1. The second kappa shape index (κ2) is 3.56. The van der Waals surface area contributed by atoms with E-state index in [0.717, 1.165) is 0 Å². The molecule has 2 aliphatic rings. The Morgan fingerprint density at radius 3 is 2.80 bits per heavy atom. The molecule has 1 aliphatic heterocycles. The summed E-state index contributed by atoms with van der Waals surface area (Å²) >= 11 is 0. The smallest absolute Gasteiger partial charge is 0.337 e. The molecule has 0 aromatic carbocycles. The van der Waals surface area contributed by atoms with Gasteiger partial charge in [-0.15, -0.1) is 0 Å². The van der Waals surface area contributed by atoms with Gasteiger partial charge in [0.25, 0.3) is 0 Å². The zero-order chi connectivity index (χ0) is 11.0. The van der Waals surface area contributed by atoms with Crippen molar-refractivity contribution in [3.8, 4) is 0 Å². The predicted molar refractivity (Wildman–Crippen MR) is 50.7 cm³/mol. The average molecular weight is 211 g/mol. The maximum atomic E-state index is 11.5. The maximum Gasteiger partial charge on any atom is 0.337 e. The Hall–Kier alpha value is -1.52. The number of rotatable bonds is 2. The largest absolute Gasteiger partial charge is 0.500 e. The van der Waals surface area contributed by atoms with Gasteiger partial charge >= 0.3 is 5.97 Å². The molecule has 0 aromatic heterocycles. The summed E-state index contributed by atoms with van der Waals surface area (Å²) in [5, 5.41) is 2.76. The number of esters is 1. The van der Waals surface area contributed by atoms with Crippen molar-refractivity contribution in [2.24, 2.45) is 11.8 Å². The minimum atomic E-state index is -0.394. The fourth-order valence-corrected chi connectivity index (χ4v) is 2.30. The lowest BCUT2D eigenvalue weighted by Crippen LogP contribution is -2.21. The number of nitrogens with one attached hydrogen (secondary N) is 1. The van der Waals surface area contributed by atoms with Crippen molar-refractivity contribution in [3.63, 3.8) is 0 Å². The Morgan fingerprint density at radius 2 is 2.20 bits per heavy atom. The van der Waals surface area contributed by atoms with E-state index in [-0.39, 0.29) is 17.7 Å². The number of amides is 1. The molecule has 82 valence electrons. The molecule has 5 nitrogen and oxygen atoms in total. The maximum absolute atomic E-state index is 11.5. The van der Waals surface area contributed by atoms with Gasteiger partial charge in [0, 0.05) is 6.54 Å². The number of fused-ring (bicyclic) bond motifs is 1. The van der Waals surface area contributed by atoms with Gasteiger partial charge in [0.1, 0.15) is 11.7 Å². The van der Waals surface area contributed by atoms with E-state index in [1.165, 1.54) is 14.2 Å². The SMILES string of the molecule is COC(=O)C1=C(OC)[C@H]2C(=O)NC[C@H]2C1. The van der Waals surface area contributed by atoms with Crippen LogP contribution in [0.2, 0.25) is 0 Å². The first-order chi connectivity index (χ1) is 7.19. The summed E-state index contributed by atoms with van der Waals surface area (Å²) in [5.41, 5.74) is 0.504. The van der Waals surface area contributed by atoms with Crippen molar-refractivity contribution in [2.45, 2.75) is 6.42 Å². The monoisotopic (exact) mass is 211 g/mol. The summed E-state index contributed by atoms with van der Waals surface area (Å²) in [5.74, 6) is -0.141. The highest BCUT2D eigenvalue weighted by Gasteiger charge is 2.46. The molecule has 5 heteroatoms. The minimum Gasteiger partial charge on any atom is -0.500 e. The molecule has 0 spiro atoms. The van der Waals surface area contributed by atoms with Crippen LogP contribution in [0.15, 0.2) is 11.3 Å². The number of carbonyl (C=O) groups is 2. The van der Waals surface area contributed by atoms with Crippen LogP contribution in [0.25, 0.3) is 0 Å². The highest BCUT2D eigenvalue weighted by atomic mass is 16.5. The average Bonchev–Trinajstić information content (AvgIpc) is 2.77. The van der Waals surface area contributed by atoms with Gasteiger partial charge in [-0.2, -0.15) is 0 Å². The Bertz CT molecular complexity index is 347. The van der Waals surface area contributed by atoms with Crippen molar-refractivity contribution < 1.29 is 19.1 Å². The zero-order valence-corrected chi connectivity index (χ0v) is 8.70. The van der Waals surface area contributed by atoms with Crippen LogP contribution in [-0.4, -0.2) is 32.6 Å². The van der Waals surface area contributed by atoms with Crippen LogP contribution in [0.4, 0.5) is 0 Å². The van der Waals surface area contributed by atoms with E-state index in [4.69, 9.17) is 4.74 Å². The van der Waals surface area contributed by atoms with Crippen molar-refractivity contribution in [3.05, 3.63) is 11.3 Å². The summed E-state index contributed by atoms with van der Waals surface area (Å²) < 4.78 is 9.81. The van der Waals surface area contributed by atoms with E-state index < -0.39 is 5.97 Å². The van der Waals surface area contributed by atoms with Gasteiger partial charge in [0.15, 0.2) is 0 Å². The van der Waals surface area contributed by atoms with E-state index in [1.54, 1.807) is 0 Å². The molecule has 0 radical (unpaired) electrons. The van der Waals surface area contributed by atoms with Crippen LogP contribution in [0, 0.1) is 11.8 Å². The summed E-state index contributed by atoms with van der Waals surface area (Å²) in [7, 11) is 2.81. The number of ether oxygens (including phenoxy) is 2. The van der Waals surface area contributed by atoms with Crippen LogP contribution in [0.3, 0.4) is 0 Å². The molecule has 1 saturated heterocycles. The molecule has 1 aliphatic carbocycles. The first-order valence-electron chi connectivity index (χ1n) is 4.82. The van der Waals surface area contributed by atoms with E-state index in [1.807, 2.05) is 0 Å². The minimum absolute atomic E-state index is 0.0595. The molecular formula is C10H13NO4.